The fourth-order valence-electron chi connectivity index (χ4n) is 1.59. The second-order valence-electron chi connectivity index (χ2n) is 4.20. The molecule has 0 fully saturated rings. The molecule has 2 rings (SSSR count). The van der Waals surface area contributed by atoms with Gasteiger partial charge in [0, 0.05) is 12.0 Å². The lowest BCUT2D eigenvalue weighted by Crippen LogP contribution is -2.35. The summed E-state index contributed by atoms with van der Waals surface area (Å²) in [4.78, 5) is 15.9. The summed E-state index contributed by atoms with van der Waals surface area (Å²) >= 11 is 5.87. The lowest BCUT2D eigenvalue weighted by atomic mass is 9.96. The lowest BCUT2D eigenvalue weighted by molar-refractivity contribution is -0.160. The first-order valence-corrected chi connectivity index (χ1v) is 5.44. The molecule has 18 heavy (non-hydrogen) atoms. The van der Waals surface area contributed by atoms with Crippen LogP contribution in [0.2, 0.25) is 5.02 Å². The maximum absolute atomic E-state index is 13.2. The number of nitrogen functional groups attached to an aromatic ring is 1. The number of aliphatic carboxylic acids is 1. The molecule has 1 aromatic rings. The first kappa shape index (κ1) is 12.6. The number of anilines is 1. The Morgan fingerprint density at radius 3 is 2.89 bits per heavy atom. The van der Waals surface area contributed by atoms with Gasteiger partial charge in [-0.15, -0.1) is 0 Å². The van der Waals surface area contributed by atoms with Crippen LogP contribution in [0.15, 0.2) is 17.3 Å². The van der Waals surface area contributed by atoms with E-state index < -0.39 is 17.4 Å². The van der Waals surface area contributed by atoms with E-state index in [1.165, 1.54) is 13.0 Å². The van der Waals surface area contributed by atoms with Crippen molar-refractivity contribution in [1.82, 2.24) is 0 Å². The van der Waals surface area contributed by atoms with Crippen molar-refractivity contribution in [2.24, 2.45) is 5.16 Å². The summed E-state index contributed by atoms with van der Waals surface area (Å²) in [7, 11) is 0. The van der Waals surface area contributed by atoms with Gasteiger partial charge in [-0.25, -0.2) is 9.18 Å². The van der Waals surface area contributed by atoms with Crippen molar-refractivity contribution in [2.75, 3.05) is 5.73 Å². The summed E-state index contributed by atoms with van der Waals surface area (Å²) in [5, 5.41) is 12.8. The summed E-state index contributed by atoms with van der Waals surface area (Å²) in [6.45, 7) is 1.40. The number of carbonyl (C=O) groups is 1. The largest absolute Gasteiger partial charge is 0.478 e. The van der Waals surface area contributed by atoms with Crippen LogP contribution >= 0.6 is 11.6 Å². The average molecular weight is 273 g/mol. The Labute approximate surface area is 107 Å². The molecular weight excluding hydrogens is 263 g/mol. The summed E-state index contributed by atoms with van der Waals surface area (Å²) in [6, 6.07) is 2.37. The van der Waals surface area contributed by atoms with Gasteiger partial charge in [0.25, 0.3) is 0 Å². The summed E-state index contributed by atoms with van der Waals surface area (Å²) in [5.41, 5.74) is 4.63. The van der Waals surface area contributed by atoms with E-state index in [1.54, 1.807) is 0 Å². The van der Waals surface area contributed by atoms with Crippen LogP contribution in [0, 0.1) is 5.82 Å². The Kier molecular flexibility index (Phi) is 2.90. The average Bonchev–Trinajstić information content (AvgIpc) is 2.68. The van der Waals surface area contributed by atoms with Gasteiger partial charge in [0.1, 0.15) is 5.82 Å². The fourth-order valence-corrected chi connectivity index (χ4v) is 1.85. The minimum atomic E-state index is -1.43. The quantitative estimate of drug-likeness (QED) is 0.807. The molecule has 0 saturated heterocycles. The number of benzene rings is 1. The van der Waals surface area contributed by atoms with Gasteiger partial charge in [0.2, 0.25) is 5.60 Å². The molecule has 5 nitrogen and oxygen atoms in total. The normalized spacial score (nSPS) is 22.5. The van der Waals surface area contributed by atoms with Gasteiger partial charge in [-0.3, -0.25) is 0 Å². The molecule has 1 aliphatic rings. The van der Waals surface area contributed by atoms with Gasteiger partial charge < -0.3 is 15.7 Å². The smallest absolute Gasteiger partial charge is 0.351 e. The SMILES string of the molecule is C[C@@]1(C(=O)O)CC(c2cc(N)c(F)cc2Cl)=NO1. The summed E-state index contributed by atoms with van der Waals surface area (Å²) < 4.78 is 13.2. The van der Waals surface area contributed by atoms with E-state index in [0.29, 0.717) is 11.3 Å². The van der Waals surface area contributed by atoms with Crippen molar-refractivity contribution in [1.29, 1.82) is 0 Å². The van der Waals surface area contributed by atoms with E-state index in [-0.39, 0.29) is 17.1 Å². The number of oxime groups is 1. The third-order valence-corrected chi connectivity index (χ3v) is 3.02. The number of hydrogen-bond acceptors (Lipinski definition) is 4. The molecule has 0 radical (unpaired) electrons. The zero-order valence-electron chi connectivity index (χ0n) is 9.41. The number of hydrogen-bond donors (Lipinski definition) is 2. The van der Waals surface area contributed by atoms with E-state index in [1.807, 2.05) is 0 Å². The van der Waals surface area contributed by atoms with Crippen molar-refractivity contribution >= 4 is 29.0 Å². The molecule has 96 valence electrons. The fraction of sp³-hybridized carbons (Fsp3) is 0.273. The highest BCUT2D eigenvalue weighted by Crippen LogP contribution is 2.31. The number of halogens is 2. The second kappa shape index (κ2) is 4.13. The number of carboxylic acids is 1. The van der Waals surface area contributed by atoms with Crippen LogP contribution in [-0.4, -0.2) is 22.4 Å². The van der Waals surface area contributed by atoms with Gasteiger partial charge in [-0.05, 0) is 19.1 Å². The molecular formula is C11H10ClFN2O3. The van der Waals surface area contributed by atoms with E-state index in [2.05, 4.69) is 5.16 Å². The molecule has 0 amide bonds. The maximum Gasteiger partial charge on any atom is 0.351 e. The molecule has 1 aromatic carbocycles. The predicted molar refractivity (Wildman–Crippen MR) is 64.1 cm³/mol. The Hall–Kier alpha value is -1.82. The monoisotopic (exact) mass is 272 g/mol. The third kappa shape index (κ3) is 1.99. The summed E-state index contributed by atoms with van der Waals surface area (Å²) in [5.74, 6) is -1.77. The van der Waals surface area contributed by atoms with Gasteiger partial charge in [-0.1, -0.05) is 16.8 Å². The van der Waals surface area contributed by atoms with E-state index in [0.717, 1.165) is 6.07 Å². The Morgan fingerprint density at radius 1 is 1.67 bits per heavy atom. The minimum Gasteiger partial charge on any atom is -0.478 e. The third-order valence-electron chi connectivity index (χ3n) is 2.71. The van der Waals surface area contributed by atoms with E-state index >= 15 is 0 Å². The van der Waals surface area contributed by atoms with Crippen molar-refractivity contribution < 1.29 is 19.1 Å². The molecule has 0 unspecified atom stereocenters. The Bertz CT molecular complexity index is 561. The topological polar surface area (TPSA) is 84.9 Å². The van der Waals surface area contributed by atoms with Crippen LogP contribution in [0.4, 0.5) is 10.1 Å². The minimum absolute atomic E-state index is 0.0348. The standard InChI is InChI=1S/C11H10ClFN2O3/c1-11(10(16)17)4-9(15-18-11)5-2-8(14)7(13)3-6(5)12/h2-3H,4,14H2,1H3,(H,16,17)/t11-/m0/s1. The number of carboxylic acid groups (broad SMARTS) is 1. The van der Waals surface area contributed by atoms with E-state index in [9.17, 15) is 9.18 Å². The number of rotatable bonds is 2. The zero-order chi connectivity index (χ0) is 13.5. The summed E-state index contributed by atoms with van der Waals surface area (Å²) in [6.07, 6.45) is 0.0348. The van der Waals surface area contributed by atoms with Crippen molar-refractivity contribution in [3.05, 3.63) is 28.5 Å². The van der Waals surface area contributed by atoms with Gasteiger partial charge >= 0.3 is 5.97 Å². The Balaban J connectivity index is 2.36. The van der Waals surface area contributed by atoms with E-state index in [4.69, 9.17) is 27.3 Å². The molecule has 0 saturated carbocycles. The second-order valence-corrected chi connectivity index (χ2v) is 4.60. The molecule has 3 N–H and O–H groups in total. The maximum atomic E-state index is 13.2. The molecule has 0 spiro atoms. The predicted octanol–water partition coefficient (Wildman–Crippen LogP) is 2.03. The van der Waals surface area contributed by atoms with Gasteiger partial charge in [0.15, 0.2) is 0 Å². The van der Waals surface area contributed by atoms with Crippen molar-refractivity contribution in [3.63, 3.8) is 0 Å². The van der Waals surface area contributed by atoms with Crippen LogP contribution in [0.3, 0.4) is 0 Å². The Morgan fingerprint density at radius 2 is 2.33 bits per heavy atom. The van der Waals surface area contributed by atoms with Crippen LogP contribution in [0.25, 0.3) is 0 Å². The molecule has 1 aliphatic heterocycles. The van der Waals surface area contributed by atoms with Crippen LogP contribution < -0.4 is 5.73 Å². The van der Waals surface area contributed by atoms with Crippen molar-refractivity contribution in [3.8, 4) is 0 Å². The highest BCUT2D eigenvalue weighted by atomic mass is 35.5. The zero-order valence-corrected chi connectivity index (χ0v) is 10.2. The molecule has 0 aliphatic carbocycles. The molecule has 7 heteroatoms. The molecule has 0 bridgehead atoms. The van der Waals surface area contributed by atoms with Gasteiger partial charge in [-0.2, -0.15) is 0 Å². The number of nitrogens with two attached hydrogens (primary N) is 1. The molecule has 1 atom stereocenters. The van der Waals surface area contributed by atoms with Gasteiger partial charge in [0.05, 0.1) is 16.4 Å². The highest BCUT2D eigenvalue weighted by Gasteiger charge is 2.42. The van der Waals surface area contributed by atoms with Crippen molar-refractivity contribution in [2.45, 2.75) is 18.9 Å². The van der Waals surface area contributed by atoms with Crippen LogP contribution in [-0.2, 0) is 9.63 Å². The first-order valence-electron chi connectivity index (χ1n) is 5.07. The molecule has 0 aromatic heterocycles. The number of nitrogens with zero attached hydrogens (tertiary/aromatic N) is 1. The van der Waals surface area contributed by atoms with Crippen LogP contribution in [0.5, 0.6) is 0 Å². The highest BCUT2D eigenvalue weighted by molar-refractivity contribution is 6.34. The molecule has 1 heterocycles. The lowest BCUT2D eigenvalue weighted by Gasteiger charge is -2.14. The van der Waals surface area contributed by atoms with Crippen LogP contribution in [0.1, 0.15) is 18.9 Å². The first-order chi connectivity index (χ1) is 8.33.